The van der Waals surface area contributed by atoms with Gasteiger partial charge < -0.3 is 78.0 Å². The van der Waals surface area contributed by atoms with Crippen LogP contribution in [0.3, 0.4) is 0 Å². The lowest BCUT2D eigenvalue weighted by molar-refractivity contribution is -0.368. The number of unbranched alkanes of at least 4 members (excludes halogenated alkanes) is 1. The van der Waals surface area contributed by atoms with Crippen molar-refractivity contribution in [3.63, 3.8) is 0 Å². The Labute approximate surface area is 486 Å². The average Bonchev–Trinajstić information content (AvgIpc) is 4.13. The van der Waals surface area contributed by atoms with Gasteiger partial charge in [-0.3, -0.25) is 47.9 Å². The first kappa shape index (κ1) is 66.1. The summed E-state index contributed by atoms with van der Waals surface area (Å²) in [7, 11) is 0. The topological polar surface area (TPSA) is 386 Å². The lowest BCUT2D eigenvalue weighted by Crippen LogP contribution is -2.60. The van der Waals surface area contributed by atoms with Gasteiger partial charge in [0.1, 0.15) is 72.9 Å². The number of benzene rings is 1. The number of nitrogens with two attached hydrogens (primary N) is 1. The Morgan fingerprint density at radius 2 is 1.27 bits per heavy atom. The number of primary amides is 1. The molecule has 0 radical (unpaired) electrons. The second-order valence-corrected chi connectivity index (χ2v) is 23.5. The number of aliphatic carboxylic acids is 1. The highest BCUT2D eigenvalue weighted by Gasteiger charge is 2.41. The summed E-state index contributed by atoms with van der Waals surface area (Å²) in [6.07, 6.45) is 5.41. The molecule has 1 aromatic rings. The molecule has 2 fully saturated rings. The molecule has 1 aromatic carbocycles. The summed E-state index contributed by atoms with van der Waals surface area (Å²) in [4.78, 5) is 159. The van der Waals surface area contributed by atoms with Gasteiger partial charge in [-0.25, -0.2) is 0 Å². The summed E-state index contributed by atoms with van der Waals surface area (Å²) in [6, 6.07) is -5.75. The Kier molecular flexibility index (Phi) is 27.0. The fourth-order valence-electron chi connectivity index (χ4n) is 9.88. The maximum absolute atomic E-state index is 15.0. The molecule has 2 saturated heterocycles. The number of amides is 10. The van der Waals surface area contributed by atoms with E-state index in [2.05, 4.69) is 48.1 Å². The molecule has 28 heteroatoms. The number of carboxylic acid groups (broad SMARTS) is 1. The number of hydrogen-bond donors (Lipinski definition) is 9. The van der Waals surface area contributed by atoms with Crippen LogP contribution in [0, 0.1) is 5.92 Å². The molecule has 12 N–H and O–H groups in total. The monoisotopic (exact) mass is 1190 g/mol. The van der Waals surface area contributed by atoms with Crippen LogP contribution in [0.4, 0.5) is 0 Å². The van der Waals surface area contributed by atoms with Crippen LogP contribution in [0.5, 0.6) is 5.75 Å². The van der Waals surface area contributed by atoms with E-state index in [-0.39, 0.29) is 62.8 Å². The number of carbonyl (C=O) groups is 11. The molecule has 4 heterocycles. The van der Waals surface area contributed by atoms with Crippen LogP contribution >= 0.6 is 23.5 Å². The van der Waals surface area contributed by atoms with E-state index in [0.29, 0.717) is 68.9 Å². The Bertz CT molecular complexity index is 2470. The second kappa shape index (κ2) is 33.4. The van der Waals surface area contributed by atoms with Crippen molar-refractivity contribution in [2.24, 2.45) is 16.8 Å². The molecule has 4 bridgehead atoms. The van der Waals surface area contributed by atoms with Crippen molar-refractivity contribution in [2.45, 2.75) is 177 Å². The third-order valence-corrected chi connectivity index (χ3v) is 16.4. The summed E-state index contributed by atoms with van der Waals surface area (Å²) in [5, 5.41) is 34.2. The number of carbonyl (C=O) groups excluding carboxylic acids is 11. The van der Waals surface area contributed by atoms with Gasteiger partial charge in [-0.05, 0) is 120 Å². The van der Waals surface area contributed by atoms with E-state index in [9.17, 15) is 57.8 Å². The van der Waals surface area contributed by atoms with Crippen LogP contribution in [-0.2, 0) is 69.1 Å². The van der Waals surface area contributed by atoms with Crippen LogP contribution in [0.2, 0.25) is 0 Å². The molecule has 0 unspecified atom stereocenters. The van der Waals surface area contributed by atoms with Gasteiger partial charge in [-0.15, -0.1) is 0 Å². The number of hydrogen-bond acceptors (Lipinski definition) is 17. The van der Waals surface area contributed by atoms with Crippen molar-refractivity contribution >= 4 is 94.8 Å². The third kappa shape index (κ3) is 20.9. The van der Waals surface area contributed by atoms with Gasteiger partial charge >= 0.3 is 0 Å². The van der Waals surface area contributed by atoms with E-state index < -0.39 is 126 Å². The number of oxime groups is 1. The molecule has 9 atom stereocenters. The molecule has 4 aliphatic rings. The summed E-state index contributed by atoms with van der Waals surface area (Å²) >= 11 is 2.62. The molecule has 10 amide bonds. The van der Waals surface area contributed by atoms with Crippen LogP contribution < -0.4 is 58.5 Å². The quantitative estimate of drug-likeness (QED) is 0.117. The van der Waals surface area contributed by atoms with Crippen molar-refractivity contribution < 1.29 is 73.2 Å². The van der Waals surface area contributed by atoms with Crippen molar-refractivity contribution in [3.8, 4) is 5.75 Å². The third-order valence-electron chi connectivity index (χ3n) is 14.2. The van der Waals surface area contributed by atoms with Crippen molar-refractivity contribution in [1.82, 2.24) is 47.0 Å². The zero-order valence-electron chi connectivity index (χ0n) is 47.3. The molecule has 0 saturated carbocycles. The van der Waals surface area contributed by atoms with Crippen LogP contribution in [0.25, 0.3) is 0 Å². The van der Waals surface area contributed by atoms with Gasteiger partial charge in [0.05, 0.1) is 13.2 Å². The Hall–Kier alpha value is -6.68. The van der Waals surface area contributed by atoms with E-state index in [1.54, 1.807) is 13.8 Å². The van der Waals surface area contributed by atoms with Crippen LogP contribution in [0.1, 0.15) is 122 Å². The highest BCUT2D eigenvalue weighted by Crippen LogP contribution is 2.27. The smallest absolute Gasteiger partial charge is 0.266 e. The van der Waals surface area contributed by atoms with Crippen molar-refractivity contribution in [2.75, 3.05) is 44.4 Å². The van der Waals surface area contributed by atoms with Crippen molar-refractivity contribution in [1.29, 1.82) is 0 Å². The SMILES string of the molecule is CC(C)C[C@@H]1NC(=O)[C@@H]2CCCN2C(=O)[C@@H]2CSCc3cc(cc(c3)OCCCCCCO/N=C/C(=O)N[C@@H](CCCC[NH3+])C(=O)N2)CSC[C@@H](C(N)=O)NC(=O)[C@H](C)NC(=O)[C@@H]2CCCN2C(=O)[C@H](C)NC(=O)[C@H](CC(=O)[O-])NC1=O. The van der Waals surface area contributed by atoms with E-state index in [1.807, 2.05) is 18.2 Å². The minimum absolute atomic E-state index is 0.0111. The lowest BCUT2D eigenvalue weighted by atomic mass is 10.0. The summed E-state index contributed by atoms with van der Waals surface area (Å²) < 4.78 is 6.25. The molecule has 0 spiro atoms. The maximum Gasteiger partial charge on any atom is 0.266 e. The zero-order chi connectivity index (χ0) is 59.9. The Morgan fingerprint density at radius 3 is 1.90 bits per heavy atom. The zero-order valence-corrected chi connectivity index (χ0v) is 48.9. The number of nitrogens with zero attached hydrogens (tertiary/aromatic N) is 3. The minimum Gasteiger partial charge on any atom is -0.550 e. The molecular formula is C54H82N12O14S2. The number of rotatable bonds is 9. The van der Waals surface area contributed by atoms with Gasteiger partial charge in [0.2, 0.25) is 53.2 Å². The molecule has 26 nitrogen and oxygen atoms in total. The normalized spacial score (nSPS) is 27.6. The lowest BCUT2D eigenvalue weighted by Gasteiger charge is -2.31. The average molecular weight is 1190 g/mol. The largest absolute Gasteiger partial charge is 0.550 e. The van der Waals surface area contributed by atoms with E-state index in [1.165, 1.54) is 47.2 Å². The van der Waals surface area contributed by atoms with Gasteiger partial charge in [0.15, 0.2) is 0 Å². The highest BCUT2D eigenvalue weighted by molar-refractivity contribution is 7.98. The molecule has 82 heavy (non-hydrogen) atoms. The number of nitrogens with one attached hydrogen (secondary N) is 7. The van der Waals surface area contributed by atoms with Crippen LogP contribution in [-0.4, -0.2) is 180 Å². The van der Waals surface area contributed by atoms with Crippen LogP contribution in [0.15, 0.2) is 23.4 Å². The molecule has 5 rings (SSSR count). The fraction of sp³-hybridized carbons (Fsp3) is 0.667. The molecular weight excluding hydrogens is 1100 g/mol. The number of quaternary nitrogens is 1. The first-order valence-electron chi connectivity index (χ1n) is 28.2. The number of thioether (sulfide) groups is 2. The summed E-state index contributed by atoms with van der Waals surface area (Å²) in [5.74, 6) is -8.36. The number of fused-ring (bicyclic) bond motifs is 7. The molecule has 0 aliphatic carbocycles. The molecule has 4 aliphatic heterocycles. The minimum atomic E-state index is -1.80. The number of carboxylic acids is 1. The Morgan fingerprint density at radius 1 is 0.683 bits per heavy atom. The first-order valence-corrected chi connectivity index (χ1v) is 30.5. The highest BCUT2D eigenvalue weighted by atomic mass is 32.2. The van der Waals surface area contributed by atoms with Gasteiger partial charge in [0, 0.05) is 48.5 Å². The van der Waals surface area contributed by atoms with Gasteiger partial charge in [-0.1, -0.05) is 25.1 Å². The molecule has 0 aromatic heterocycles. The summed E-state index contributed by atoms with van der Waals surface area (Å²) in [5.41, 5.74) is 11.2. The fourth-order valence-corrected chi connectivity index (χ4v) is 11.9. The Balaban J connectivity index is 1.53. The predicted octanol–water partition coefficient (Wildman–Crippen LogP) is -2.38. The predicted molar refractivity (Wildman–Crippen MR) is 301 cm³/mol. The second-order valence-electron chi connectivity index (χ2n) is 21.4. The van der Waals surface area contributed by atoms with Gasteiger partial charge in [-0.2, -0.15) is 23.5 Å². The maximum atomic E-state index is 15.0. The van der Waals surface area contributed by atoms with E-state index >= 15 is 0 Å². The standard InChI is InChI=1S/C54H82N12O14S2/c1-31(2)21-38-50(74)61-39(25-45(68)69)49(73)59-33(4)53(77)65-17-11-14-42(65)51(75)58-32(3)47(71)63-40(46(56)70)29-81-27-34-22-35-24-36(23-34)79-19-9-5-6-10-20-80-57-26-44(67)60-37(13-7-8-16-55)48(72)64-41(30-82-28-35)54(78)66-18-12-15-43(66)52(76)62-38/h22-24,26,31-33,37-43H,5-21,25,27-30,55H2,1-4H3,(H2,56,70)(H,58,75)(H,59,73)(H,60,67)(H,61,74)(H,62,76)(H,63,71)(H,64,72)(H,68,69)/b57-26+/t32-,33-,37-,38-,39-,40-,41-,42-,43-/m0/s1. The first-order chi connectivity index (χ1) is 39.1. The van der Waals surface area contributed by atoms with Gasteiger partial charge in [0.25, 0.3) is 5.91 Å². The number of ether oxygens (including phenoxy) is 1. The van der Waals surface area contributed by atoms with E-state index in [4.69, 9.17) is 15.3 Å². The summed E-state index contributed by atoms with van der Waals surface area (Å²) in [6.45, 7) is 7.68. The van der Waals surface area contributed by atoms with E-state index in [0.717, 1.165) is 30.2 Å². The molecule has 454 valence electrons. The van der Waals surface area contributed by atoms with Crippen molar-refractivity contribution in [3.05, 3.63) is 29.3 Å².